The van der Waals surface area contributed by atoms with Gasteiger partial charge in [0.15, 0.2) is 0 Å². The normalized spacial score (nSPS) is 14.9. The Morgan fingerprint density at radius 3 is 2.94 bits per heavy atom. The summed E-state index contributed by atoms with van der Waals surface area (Å²) in [5, 5.41) is 2.42. The van der Waals surface area contributed by atoms with E-state index in [9.17, 15) is 0 Å². The third-order valence-electron chi connectivity index (χ3n) is 2.80. The van der Waals surface area contributed by atoms with Gasteiger partial charge in [-0.05, 0) is 42.0 Å². The van der Waals surface area contributed by atoms with Gasteiger partial charge in [-0.3, -0.25) is 0 Å². The Morgan fingerprint density at radius 2 is 2.29 bits per heavy atom. The van der Waals surface area contributed by atoms with E-state index >= 15 is 0 Å². The van der Waals surface area contributed by atoms with Crippen LogP contribution in [0.4, 0.5) is 5.82 Å². The van der Waals surface area contributed by atoms with Crippen molar-refractivity contribution in [2.75, 3.05) is 4.90 Å². The third-order valence-corrected chi connectivity index (χ3v) is 3.84. The molecule has 0 spiro atoms. The molecule has 3 rings (SSSR count). The number of thiophene rings is 1. The molecular formula is C12H12ClN3S. The highest BCUT2D eigenvalue weighted by molar-refractivity contribution is 7.09. The van der Waals surface area contributed by atoms with Crippen LogP contribution in [0, 0.1) is 0 Å². The molecule has 0 aromatic carbocycles. The van der Waals surface area contributed by atoms with Gasteiger partial charge in [0.25, 0.3) is 0 Å². The van der Waals surface area contributed by atoms with Gasteiger partial charge in [-0.15, -0.1) is 11.3 Å². The van der Waals surface area contributed by atoms with Gasteiger partial charge in [0.05, 0.1) is 6.54 Å². The molecule has 17 heavy (non-hydrogen) atoms. The second kappa shape index (κ2) is 4.63. The van der Waals surface area contributed by atoms with Gasteiger partial charge < -0.3 is 4.90 Å². The molecule has 0 amide bonds. The van der Waals surface area contributed by atoms with E-state index in [-0.39, 0.29) is 0 Å². The zero-order chi connectivity index (χ0) is 11.7. The lowest BCUT2D eigenvalue weighted by Gasteiger charge is -2.22. The Hall–Kier alpha value is -1.13. The van der Waals surface area contributed by atoms with Crippen molar-refractivity contribution in [3.05, 3.63) is 39.9 Å². The first-order valence-corrected chi connectivity index (χ1v) is 6.86. The number of rotatable bonds is 4. The predicted octanol–water partition coefficient (Wildman–Crippen LogP) is 3.36. The second-order valence-electron chi connectivity index (χ2n) is 4.12. The van der Waals surface area contributed by atoms with Crippen molar-refractivity contribution in [3.63, 3.8) is 0 Å². The smallest absolute Gasteiger partial charge is 0.224 e. The number of aromatic nitrogens is 2. The molecule has 0 radical (unpaired) electrons. The third kappa shape index (κ3) is 2.58. The topological polar surface area (TPSA) is 29.0 Å². The van der Waals surface area contributed by atoms with E-state index in [4.69, 9.17) is 11.6 Å². The van der Waals surface area contributed by atoms with Crippen LogP contribution in [0.1, 0.15) is 17.7 Å². The molecule has 1 aliphatic rings. The number of halogens is 1. The summed E-state index contributed by atoms with van der Waals surface area (Å²) in [5.74, 6) is 0.931. The van der Waals surface area contributed by atoms with Crippen molar-refractivity contribution in [1.82, 2.24) is 9.97 Å². The van der Waals surface area contributed by atoms with Crippen LogP contribution in [-0.2, 0) is 6.54 Å². The first-order valence-electron chi connectivity index (χ1n) is 5.60. The van der Waals surface area contributed by atoms with Gasteiger partial charge in [0.2, 0.25) is 5.28 Å². The van der Waals surface area contributed by atoms with E-state index in [1.807, 2.05) is 6.07 Å². The van der Waals surface area contributed by atoms with Crippen molar-refractivity contribution >= 4 is 28.8 Å². The highest BCUT2D eigenvalue weighted by Crippen LogP contribution is 2.32. The fraction of sp³-hybridized carbons (Fsp3) is 0.333. The fourth-order valence-electron chi connectivity index (χ4n) is 1.84. The van der Waals surface area contributed by atoms with Crippen LogP contribution in [0.2, 0.25) is 5.28 Å². The summed E-state index contributed by atoms with van der Waals surface area (Å²) in [4.78, 5) is 11.9. The van der Waals surface area contributed by atoms with E-state index < -0.39 is 0 Å². The molecule has 5 heteroatoms. The standard InChI is InChI=1S/C12H12ClN3S/c13-12-14-6-5-11(15-12)16(9-3-4-9)8-10-2-1-7-17-10/h1-2,5-7,9H,3-4,8H2. The fourth-order valence-corrected chi connectivity index (χ4v) is 2.69. The molecule has 0 N–H and O–H groups in total. The molecule has 0 unspecified atom stereocenters. The molecule has 1 fully saturated rings. The van der Waals surface area contributed by atoms with Crippen molar-refractivity contribution < 1.29 is 0 Å². The van der Waals surface area contributed by atoms with Gasteiger partial charge in [-0.2, -0.15) is 0 Å². The lowest BCUT2D eigenvalue weighted by atomic mass is 10.4. The molecule has 0 aliphatic heterocycles. The summed E-state index contributed by atoms with van der Waals surface area (Å²) in [6.45, 7) is 0.912. The summed E-state index contributed by atoms with van der Waals surface area (Å²) >= 11 is 7.63. The molecular weight excluding hydrogens is 254 g/mol. The van der Waals surface area contributed by atoms with Crippen LogP contribution in [0.15, 0.2) is 29.8 Å². The Balaban J connectivity index is 1.85. The number of hydrogen-bond donors (Lipinski definition) is 0. The number of anilines is 1. The zero-order valence-corrected chi connectivity index (χ0v) is 10.8. The lowest BCUT2D eigenvalue weighted by Crippen LogP contribution is -2.25. The van der Waals surface area contributed by atoms with Gasteiger partial charge in [-0.1, -0.05) is 6.07 Å². The summed E-state index contributed by atoms with van der Waals surface area (Å²) in [7, 11) is 0. The summed E-state index contributed by atoms with van der Waals surface area (Å²) in [6.07, 6.45) is 4.20. The Labute approximate surface area is 109 Å². The number of nitrogens with zero attached hydrogens (tertiary/aromatic N) is 3. The molecule has 2 aromatic rings. The molecule has 2 heterocycles. The molecule has 3 nitrogen and oxygen atoms in total. The molecule has 1 saturated carbocycles. The van der Waals surface area contributed by atoms with Crippen molar-refractivity contribution in [3.8, 4) is 0 Å². The summed E-state index contributed by atoms with van der Waals surface area (Å²) in [6, 6.07) is 6.78. The van der Waals surface area contributed by atoms with Gasteiger partial charge >= 0.3 is 0 Å². The first kappa shape index (κ1) is 11.0. The minimum Gasteiger partial charge on any atom is -0.348 e. The Kier molecular flexibility index (Phi) is 2.99. The van der Waals surface area contributed by atoms with Gasteiger partial charge in [-0.25, -0.2) is 9.97 Å². The summed E-state index contributed by atoms with van der Waals surface area (Å²) < 4.78 is 0. The molecule has 0 saturated heterocycles. The second-order valence-corrected chi connectivity index (χ2v) is 5.49. The molecule has 1 aliphatic carbocycles. The molecule has 88 valence electrons. The summed E-state index contributed by atoms with van der Waals surface area (Å²) in [5.41, 5.74) is 0. The van der Waals surface area contributed by atoms with E-state index in [2.05, 4.69) is 32.4 Å². The van der Waals surface area contributed by atoms with Crippen LogP contribution < -0.4 is 4.90 Å². The molecule has 0 atom stereocenters. The lowest BCUT2D eigenvalue weighted by molar-refractivity contribution is 0.783. The van der Waals surface area contributed by atoms with E-state index in [1.54, 1.807) is 17.5 Å². The van der Waals surface area contributed by atoms with Crippen LogP contribution in [0.5, 0.6) is 0 Å². The predicted molar refractivity (Wildman–Crippen MR) is 70.6 cm³/mol. The Morgan fingerprint density at radius 1 is 1.41 bits per heavy atom. The van der Waals surface area contributed by atoms with Crippen LogP contribution in [-0.4, -0.2) is 16.0 Å². The van der Waals surface area contributed by atoms with Gasteiger partial charge in [0.1, 0.15) is 5.82 Å². The minimum absolute atomic E-state index is 0.319. The monoisotopic (exact) mass is 265 g/mol. The maximum atomic E-state index is 5.85. The highest BCUT2D eigenvalue weighted by atomic mass is 35.5. The van der Waals surface area contributed by atoms with E-state index in [1.165, 1.54) is 17.7 Å². The number of hydrogen-bond acceptors (Lipinski definition) is 4. The van der Waals surface area contributed by atoms with Crippen molar-refractivity contribution in [1.29, 1.82) is 0 Å². The largest absolute Gasteiger partial charge is 0.348 e. The maximum absolute atomic E-state index is 5.85. The van der Waals surface area contributed by atoms with Crippen LogP contribution in [0.3, 0.4) is 0 Å². The molecule has 2 aromatic heterocycles. The average Bonchev–Trinajstić information content (AvgIpc) is 3.03. The first-order chi connectivity index (χ1) is 8.33. The van der Waals surface area contributed by atoms with Crippen LogP contribution >= 0.6 is 22.9 Å². The van der Waals surface area contributed by atoms with Gasteiger partial charge in [0, 0.05) is 17.1 Å². The van der Waals surface area contributed by atoms with E-state index in [0.29, 0.717) is 11.3 Å². The minimum atomic E-state index is 0.319. The average molecular weight is 266 g/mol. The van der Waals surface area contributed by atoms with Crippen molar-refractivity contribution in [2.45, 2.75) is 25.4 Å². The van der Waals surface area contributed by atoms with Crippen molar-refractivity contribution in [2.24, 2.45) is 0 Å². The SMILES string of the molecule is Clc1nccc(N(Cc2cccs2)C2CC2)n1. The maximum Gasteiger partial charge on any atom is 0.224 e. The zero-order valence-electron chi connectivity index (χ0n) is 9.21. The quantitative estimate of drug-likeness (QED) is 0.794. The molecule has 0 bridgehead atoms. The highest BCUT2D eigenvalue weighted by Gasteiger charge is 2.30. The Bertz CT molecular complexity index is 496. The van der Waals surface area contributed by atoms with E-state index in [0.717, 1.165) is 12.4 Å². The van der Waals surface area contributed by atoms with Crippen LogP contribution in [0.25, 0.3) is 0 Å².